The molecular weight excluding hydrogens is 401 g/mol. The predicted octanol–water partition coefficient (Wildman–Crippen LogP) is 3.44. The van der Waals surface area contributed by atoms with Crippen LogP contribution in [0.1, 0.15) is 51.9 Å². The fraction of sp³-hybridized carbons (Fsp3) is 0.789. The third-order valence-electron chi connectivity index (χ3n) is 7.70. The quantitative estimate of drug-likeness (QED) is 0.515. The highest BCUT2D eigenvalue weighted by Crippen LogP contribution is 2.64. The molecule has 0 aromatic carbocycles. The molecule has 126 valence electrons. The van der Waals surface area contributed by atoms with E-state index in [4.69, 9.17) is 5.73 Å². The molecule has 3 nitrogen and oxygen atoms in total. The molecule has 0 aliphatic heterocycles. The number of allylic oxidation sites excluding steroid dienone is 1. The standard InChI is InChI=1S/C19H26INO2/c1-18-6-5-14-13(17(18)15(21)9-16(18)23)3-2-11-8-12(22)4-7-19(11,14)10-20/h8,13-15,17H,2-7,9-10,21H2,1H3. The van der Waals surface area contributed by atoms with E-state index >= 15 is 0 Å². The second kappa shape index (κ2) is 5.38. The van der Waals surface area contributed by atoms with Crippen molar-refractivity contribution in [3.8, 4) is 0 Å². The summed E-state index contributed by atoms with van der Waals surface area (Å²) < 4.78 is 1.09. The molecule has 0 aromatic rings. The van der Waals surface area contributed by atoms with Gasteiger partial charge in [-0.1, -0.05) is 35.1 Å². The molecule has 4 rings (SSSR count). The van der Waals surface area contributed by atoms with Crippen molar-refractivity contribution in [2.75, 3.05) is 4.43 Å². The topological polar surface area (TPSA) is 60.2 Å². The average Bonchev–Trinajstić information content (AvgIpc) is 2.76. The zero-order chi connectivity index (χ0) is 16.4. The van der Waals surface area contributed by atoms with Crippen LogP contribution in [-0.4, -0.2) is 22.0 Å². The molecule has 6 unspecified atom stereocenters. The van der Waals surface area contributed by atoms with E-state index in [1.54, 1.807) is 0 Å². The van der Waals surface area contributed by atoms with E-state index < -0.39 is 0 Å². The van der Waals surface area contributed by atoms with E-state index in [0.717, 1.165) is 36.5 Å². The van der Waals surface area contributed by atoms with Gasteiger partial charge in [0.25, 0.3) is 0 Å². The summed E-state index contributed by atoms with van der Waals surface area (Å²) in [5, 5.41) is 0. The van der Waals surface area contributed by atoms with Crippen molar-refractivity contribution < 1.29 is 9.59 Å². The number of Topliss-reactive ketones (excluding diaryl/α,β-unsaturated/α-hetero) is 1. The molecule has 0 aromatic heterocycles. The van der Waals surface area contributed by atoms with Crippen molar-refractivity contribution in [1.29, 1.82) is 0 Å². The van der Waals surface area contributed by atoms with Gasteiger partial charge in [0.1, 0.15) is 5.78 Å². The molecule has 4 heteroatoms. The van der Waals surface area contributed by atoms with Crippen molar-refractivity contribution in [2.24, 2.45) is 34.3 Å². The summed E-state index contributed by atoms with van der Waals surface area (Å²) in [6.07, 6.45) is 8.51. The van der Waals surface area contributed by atoms with Gasteiger partial charge in [0, 0.05) is 34.1 Å². The Kier molecular flexibility index (Phi) is 3.80. The molecule has 0 heterocycles. The highest BCUT2D eigenvalue weighted by molar-refractivity contribution is 14.1. The van der Waals surface area contributed by atoms with Gasteiger partial charge in [-0.2, -0.15) is 0 Å². The van der Waals surface area contributed by atoms with Crippen LogP contribution in [0.25, 0.3) is 0 Å². The number of rotatable bonds is 1. The van der Waals surface area contributed by atoms with Crippen molar-refractivity contribution in [2.45, 2.75) is 57.9 Å². The normalized spacial score (nSPS) is 49.3. The summed E-state index contributed by atoms with van der Waals surface area (Å²) in [6.45, 7) is 2.18. The van der Waals surface area contributed by atoms with Crippen LogP contribution < -0.4 is 5.73 Å². The Labute approximate surface area is 152 Å². The molecule has 4 aliphatic rings. The molecule has 6 atom stereocenters. The zero-order valence-corrected chi connectivity index (χ0v) is 16.0. The highest BCUT2D eigenvalue weighted by atomic mass is 127. The minimum Gasteiger partial charge on any atom is -0.327 e. The first-order valence-electron chi connectivity index (χ1n) is 9.01. The Morgan fingerprint density at radius 1 is 1.26 bits per heavy atom. The predicted molar refractivity (Wildman–Crippen MR) is 98.3 cm³/mol. The molecule has 0 bridgehead atoms. The second-order valence-corrected chi connectivity index (χ2v) is 9.27. The van der Waals surface area contributed by atoms with Gasteiger partial charge in [0.2, 0.25) is 0 Å². The molecule has 4 aliphatic carbocycles. The van der Waals surface area contributed by atoms with E-state index in [1.165, 1.54) is 5.57 Å². The smallest absolute Gasteiger partial charge is 0.155 e. The van der Waals surface area contributed by atoms with E-state index in [-0.39, 0.29) is 16.9 Å². The monoisotopic (exact) mass is 427 g/mol. The Balaban J connectivity index is 1.75. The summed E-state index contributed by atoms with van der Waals surface area (Å²) in [5.41, 5.74) is 7.88. The molecule has 0 amide bonds. The molecule has 3 saturated carbocycles. The summed E-state index contributed by atoms with van der Waals surface area (Å²) in [4.78, 5) is 24.5. The van der Waals surface area contributed by atoms with Gasteiger partial charge in [0.05, 0.1) is 0 Å². The molecular formula is C19H26INO2. The first-order chi connectivity index (χ1) is 10.9. The maximum Gasteiger partial charge on any atom is 0.155 e. The molecule has 23 heavy (non-hydrogen) atoms. The zero-order valence-electron chi connectivity index (χ0n) is 13.8. The fourth-order valence-corrected chi connectivity index (χ4v) is 7.99. The summed E-state index contributed by atoms with van der Waals surface area (Å²) in [5.74, 6) is 2.25. The number of ketones is 2. The maximum atomic E-state index is 12.6. The van der Waals surface area contributed by atoms with E-state index in [1.807, 2.05) is 6.08 Å². The minimum atomic E-state index is -0.182. The van der Waals surface area contributed by atoms with Crippen molar-refractivity contribution in [1.82, 2.24) is 0 Å². The molecule has 2 N–H and O–H groups in total. The SMILES string of the molecule is CC12CCC3C(CCC4=CC(=O)CCC43CI)C1C(N)CC2=O. The van der Waals surface area contributed by atoms with Gasteiger partial charge in [-0.15, -0.1) is 0 Å². The first kappa shape index (κ1) is 16.2. The molecule has 0 saturated heterocycles. The van der Waals surface area contributed by atoms with Gasteiger partial charge < -0.3 is 5.73 Å². The largest absolute Gasteiger partial charge is 0.327 e. The molecule has 0 radical (unpaired) electrons. The maximum absolute atomic E-state index is 12.6. The van der Waals surface area contributed by atoms with Crippen LogP contribution >= 0.6 is 22.6 Å². The minimum absolute atomic E-state index is 0.0438. The Morgan fingerprint density at radius 3 is 2.78 bits per heavy atom. The Hall–Kier alpha value is -0.230. The third-order valence-corrected chi connectivity index (χ3v) is 9.06. The lowest BCUT2D eigenvalue weighted by Gasteiger charge is -2.58. The summed E-state index contributed by atoms with van der Waals surface area (Å²) >= 11 is 2.53. The van der Waals surface area contributed by atoms with Crippen LogP contribution in [0, 0.1) is 28.6 Å². The van der Waals surface area contributed by atoms with E-state index in [2.05, 4.69) is 29.5 Å². The molecule has 3 fully saturated rings. The van der Waals surface area contributed by atoms with Crippen LogP contribution in [-0.2, 0) is 9.59 Å². The number of carbonyl (C=O) groups is 2. The van der Waals surface area contributed by atoms with Gasteiger partial charge in [-0.05, 0) is 55.9 Å². The Morgan fingerprint density at radius 2 is 2.04 bits per heavy atom. The second-order valence-electron chi connectivity index (χ2n) is 8.51. The number of alkyl halides is 1. The van der Waals surface area contributed by atoms with E-state index in [0.29, 0.717) is 42.2 Å². The van der Waals surface area contributed by atoms with Gasteiger partial charge in [0.15, 0.2) is 5.78 Å². The van der Waals surface area contributed by atoms with Crippen LogP contribution in [0.5, 0.6) is 0 Å². The lowest BCUT2D eigenvalue weighted by molar-refractivity contribution is -0.132. The number of fused-ring (bicyclic) bond motifs is 5. The highest BCUT2D eigenvalue weighted by Gasteiger charge is 2.62. The summed E-state index contributed by atoms with van der Waals surface area (Å²) in [7, 11) is 0. The number of hydrogen-bond donors (Lipinski definition) is 1. The lowest BCUT2D eigenvalue weighted by Crippen LogP contribution is -2.54. The first-order valence-corrected chi connectivity index (χ1v) is 10.5. The number of nitrogens with two attached hydrogens (primary N) is 1. The van der Waals surface area contributed by atoms with Crippen LogP contribution in [0.15, 0.2) is 11.6 Å². The number of halogens is 1. The van der Waals surface area contributed by atoms with Crippen LogP contribution in [0.4, 0.5) is 0 Å². The van der Waals surface area contributed by atoms with E-state index in [9.17, 15) is 9.59 Å². The number of hydrogen-bond acceptors (Lipinski definition) is 3. The lowest BCUT2D eigenvalue weighted by atomic mass is 9.47. The fourth-order valence-electron chi connectivity index (χ4n) is 6.55. The van der Waals surface area contributed by atoms with Crippen molar-refractivity contribution in [3.05, 3.63) is 11.6 Å². The van der Waals surface area contributed by atoms with Crippen molar-refractivity contribution in [3.63, 3.8) is 0 Å². The average molecular weight is 427 g/mol. The Bertz CT molecular complexity index is 600. The van der Waals surface area contributed by atoms with Crippen LogP contribution in [0.2, 0.25) is 0 Å². The van der Waals surface area contributed by atoms with Gasteiger partial charge in [-0.3, -0.25) is 9.59 Å². The van der Waals surface area contributed by atoms with Crippen molar-refractivity contribution >= 4 is 34.2 Å². The van der Waals surface area contributed by atoms with Gasteiger partial charge >= 0.3 is 0 Å². The number of carbonyl (C=O) groups excluding carboxylic acids is 2. The molecule has 0 spiro atoms. The summed E-state index contributed by atoms with van der Waals surface area (Å²) in [6, 6.07) is 0.0438. The van der Waals surface area contributed by atoms with Crippen LogP contribution in [0.3, 0.4) is 0 Å². The van der Waals surface area contributed by atoms with Gasteiger partial charge in [-0.25, -0.2) is 0 Å². The third kappa shape index (κ3) is 2.09.